The van der Waals surface area contributed by atoms with Gasteiger partial charge in [0.05, 0.1) is 26.4 Å². The second kappa shape index (κ2) is 55.4. The van der Waals surface area contributed by atoms with Crippen LogP contribution in [0.2, 0.25) is 0 Å². The number of carbonyl (C=O) groups excluding carboxylic acids is 4. The Hall–Kier alpha value is -1.94. The molecular formula is C64H124O17P2. The van der Waals surface area contributed by atoms with E-state index in [4.69, 9.17) is 37.0 Å². The van der Waals surface area contributed by atoms with Crippen molar-refractivity contribution in [2.45, 2.75) is 330 Å². The molecule has 19 heteroatoms. The van der Waals surface area contributed by atoms with Crippen molar-refractivity contribution in [3.05, 3.63) is 0 Å². The highest BCUT2D eigenvalue weighted by atomic mass is 31.2. The van der Waals surface area contributed by atoms with Crippen LogP contribution in [0.1, 0.15) is 312 Å². The van der Waals surface area contributed by atoms with Gasteiger partial charge in [-0.25, -0.2) is 9.13 Å². The predicted molar refractivity (Wildman–Crippen MR) is 331 cm³/mol. The van der Waals surface area contributed by atoms with Crippen LogP contribution in [0.25, 0.3) is 0 Å². The quantitative estimate of drug-likeness (QED) is 0.0222. The monoisotopic (exact) mass is 1230 g/mol. The molecule has 0 spiro atoms. The van der Waals surface area contributed by atoms with E-state index in [2.05, 4.69) is 48.5 Å². The minimum atomic E-state index is -4.94. The molecule has 3 N–H and O–H groups in total. The van der Waals surface area contributed by atoms with E-state index in [1.54, 1.807) is 0 Å². The molecule has 0 saturated heterocycles. The first-order valence-corrected chi connectivity index (χ1v) is 36.5. The zero-order valence-corrected chi connectivity index (χ0v) is 55.4. The van der Waals surface area contributed by atoms with Crippen LogP contribution in [0.15, 0.2) is 0 Å². The van der Waals surface area contributed by atoms with E-state index in [-0.39, 0.29) is 25.7 Å². The van der Waals surface area contributed by atoms with Crippen molar-refractivity contribution in [2.24, 2.45) is 17.8 Å². The molecule has 0 amide bonds. The Kier molecular flexibility index (Phi) is 54.1. The summed E-state index contributed by atoms with van der Waals surface area (Å²) in [5.41, 5.74) is 0. The van der Waals surface area contributed by atoms with Crippen LogP contribution >= 0.6 is 15.6 Å². The lowest BCUT2D eigenvalue weighted by molar-refractivity contribution is -0.161. The normalized spacial score (nSPS) is 15.3. The molecule has 0 heterocycles. The van der Waals surface area contributed by atoms with E-state index >= 15 is 0 Å². The van der Waals surface area contributed by atoms with Gasteiger partial charge in [0.1, 0.15) is 19.3 Å². The van der Waals surface area contributed by atoms with E-state index in [1.165, 1.54) is 116 Å². The van der Waals surface area contributed by atoms with Gasteiger partial charge in [0.15, 0.2) is 12.2 Å². The first-order chi connectivity index (χ1) is 39.8. The molecule has 0 aliphatic heterocycles. The van der Waals surface area contributed by atoms with Crippen molar-refractivity contribution in [3.8, 4) is 0 Å². The van der Waals surface area contributed by atoms with E-state index in [0.29, 0.717) is 25.7 Å². The fraction of sp³-hybridized carbons (Fsp3) is 0.938. The van der Waals surface area contributed by atoms with Crippen molar-refractivity contribution in [1.82, 2.24) is 0 Å². The molecule has 0 aliphatic carbocycles. The van der Waals surface area contributed by atoms with Crippen molar-refractivity contribution >= 4 is 39.5 Å². The van der Waals surface area contributed by atoms with Gasteiger partial charge in [0, 0.05) is 25.7 Å². The average Bonchev–Trinajstić information content (AvgIpc) is 3.50. The summed E-state index contributed by atoms with van der Waals surface area (Å²) < 4.78 is 68.0. The van der Waals surface area contributed by atoms with Gasteiger partial charge in [-0.1, -0.05) is 260 Å². The number of esters is 4. The third kappa shape index (κ3) is 55.1. The van der Waals surface area contributed by atoms with Crippen molar-refractivity contribution in [1.29, 1.82) is 0 Å². The van der Waals surface area contributed by atoms with Crippen LogP contribution in [-0.4, -0.2) is 96.7 Å². The van der Waals surface area contributed by atoms with Crippen LogP contribution in [0, 0.1) is 17.8 Å². The maximum absolute atomic E-state index is 13.0. The molecule has 0 radical (unpaired) electrons. The SMILES string of the molecule is CCCCCCCCCCCCCC(=O)OC[C@H](COP(=O)(O)OC[C@@H](O)COP(=O)(O)OC[C@@H](COC(=O)CCCCCCCCC(C)CC)OC(=O)CCCCCCCCC(C)CC)OC(=O)CCCCCCCCCCC(C)CC. The lowest BCUT2D eigenvalue weighted by Crippen LogP contribution is -2.30. The molecule has 0 bridgehead atoms. The Morgan fingerprint density at radius 2 is 0.578 bits per heavy atom. The molecule has 0 aromatic rings. The number of aliphatic hydroxyl groups excluding tert-OH is 1. The fourth-order valence-corrected chi connectivity index (χ4v) is 11.0. The highest BCUT2D eigenvalue weighted by Crippen LogP contribution is 2.45. The third-order valence-corrected chi connectivity index (χ3v) is 17.6. The van der Waals surface area contributed by atoms with Crippen molar-refractivity contribution in [3.63, 3.8) is 0 Å². The molecule has 0 fully saturated rings. The van der Waals surface area contributed by atoms with Crippen LogP contribution in [0.4, 0.5) is 0 Å². The number of unbranched alkanes of at least 4 members (excludes halogenated alkanes) is 27. The van der Waals surface area contributed by atoms with Gasteiger partial charge < -0.3 is 33.8 Å². The number of carbonyl (C=O) groups is 4. The number of phosphoric ester groups is 2. The summed E-state index contributed by atoms with van der Waals surface area (Å²) in [4.78, 5) is 72.2. The standard InChI is InChI=1S/C64H124O17P2/c1-8-12-13-14-15-16-17-18-22-31-38-45-61(66)74-51-59(80-63(68)47-40-33-23-20-19-21-28-35-42-55(5)9-2)53-78-82(70,71)76-49-58(65)50-77-83(72,73)79-54-60(81-64(69)48-41-34-27-25-30-37-44-57(7)11-4)52-75-62(67)46-39-32-26-24-29-36-43-56(6)10-3/h55-60,65H,8-54H2,1-7H3,(H,70,71)(H,72,73)/t55?,56?,57?,58-,59-,60-/m1/s1. The summed E-state index contributed by atoms with van der Waals surface area (Å²) in [7, 11) is -9.89. The predicted octanol–water partition coefficient (Wildman–Crippen LogP) is 17.5. The lowest BCUT2D eigenvalue weighted by Gasteiger charge is -2.21. The molecule has 0 aromatic heterocycles. The minimum absolute atomic E-state index is 0.102. The average molecular weight is 1230 g/mol. The third-order valence-electron chi connectivity index (χ3n) is 15.7. The van der Waals surface area contributed by atoms with Crippen LogP contribution < -0.4 is 0 Å². The molecule has 83 heavy (non-hydrogen) atoms. The smallest absolute Gasteiger partial charge is 0.462 e. The second-order valence-corrected chi connectivity index (χ2v) is 26.8. The van der Waals surface area contributed by atoms with E-state index in [0.717, 1.165) is 114 Å². The highest BCUT2D eigenvalue weighted by molar-refractivity contribution is 7.47. The van der Waals surface area contributed by atoms with E-state index < -0.39 is 97.5 Å². The summed E-state index contributed by atoms with van der Waals surface area (Å²) in [6.07, 6.45) is 36.1. The van der Waals surface area contributed by atoms with Crippen LogP contribution in [0.3, 0.4) is 0 Å². The molecule has 8 atom stereocenters. The van der Waals surface area contributed by atoms with Gasteiger partial charge in [0.2, 0.25) is 0 Å². The topological polar surface area (TPSA) is 237 Å². The van der Waals surface area contributed by atoms with Crippen LogP contribution in [-0.2, 0) is 65.4 Å². The molecule has 0 saturated carbocycles. The summed E-state index contributed by atoms with van der Waals surface area (Å²) in [6.45, 7) is 11.7. The number of aliphatic hydroxyl groups is 1. The zero-order valence-electron chi connectivity index (χ0n) is 53.6. The maximum Gasteiger partial charge on any atom is 0.472 e. The zero-order chi connectivity index (χ0) is 61.7. The van der Waals surface area contributed by atoms with E-state index in [1.807, 2.05) is 0 Å². The van der Waals surface area contributed by atoms with Gasteiger partial charge >= 0.3 is 39.5 Å². The van der Waals surface area contributed by atoms with Gasteiger partial charge in [-0.2, -0.15) is 0 Å². The van der Waals surface area contributed by atoms with Gasteiger partial charge in [-0.15, -0.1) is 0 Å². The van der Waals surface area contributed by atoms with Gasteiger partial charge in [0.25, 0.3) is 0 Å². The first-order valence-electron chi connectivity index (χ1n) is 33.5. The summed E-state index contributed by atoms with van der Waals surface area (Å²) in [5, 5.41) is 10.5. The lowest BCUT2D eigenvalue weighted by atomic mass is 9.99. The summed E-state index contributed by atoms with van der Waals surface area (Å²) in [5.74, 6) is 0.0810. The molecule has 0 aromatic carbocycles. The van der Waals surface area contributed by atoms with E-state index in [9.17, 15) is 43.2 Å². The highest BCUT2D eigenvalue weighted by Gasteiger charge is 2.30. The number of rotatable bonds is 62. The summed E-state index contributed by atoms with van der Waals surface area (Å²) >= 11 is 0. The molecule has 0 aliphatic rings. The number of hydrogen-bond donors (Lipinski definition) is 3. The Morgan fingerprint density at radius 1 is 0.337 bits per heavy atom. The van der Waals surface area contributed by atoms with Gasteiger partial charge in [-0.05, 0) is 43.4 Å². The van der Waals surface area contributed by atoms with Crippen molar-refractivity contribution < 1.29 is 80.2 Å². The van der Waals surface area contributed by atoms with Gasteiger partial charge in [-0.3, -0.25) is 37.3 Å². The molecule has 492 valence electrons. The number of ether oxygens (including phenoxy) is 4. The minimum Gasteiger partial charge on any atom is -0.462 e. The molecule has 0 rings (SSSR count). The fourth-order valence-electron chi connectivity index (χ4n) is 9.38. The Bertz CT molecular complexity index is 1650. The molecule has 17 nitrogen and oxygen atoms in total. The summed E-state index contributed by atoms with van der Waals surface area (Å²) in [6, 6.07) is 0. The Balaban J connectivity index is 5.27. The molecule has 5 unspecified atom stereocenters. The number of phosphoric acid groups is 2. The Morgan fingerprint density at radius 3 is 0.855 bits per heavy atom. The Labute approximate surface area is 505 Å². The molecular weight excluding hydrogens is 1100 g/mol. The van der Waals surface area contributed by atoms with Crippen molar-refractivity contribution in [2.75, 3.05) is 39.6 Å². The van der Waals surface area contributed by atoms with Crippen LogP contribution in [0.5, 0.6) is 0 Å². The second-order valence-electron chi connectivity index (χ2n) is 23.9. The largest absolute Gasteiger partial charge is 0.472 e. The first kappa shape index (κ1) is 81.1. The maximum atomic E-state index is 13.0. The number of hydrogen-bond acceptors (Lipinski definition) is 15.